The lowest BCUT2D eigenvalue weighted by Gasteiger charge is -2.36. The van der Waals surface area contributed by atoms with Gasteiger partial charge in [-0.2, -0.15) is 0 Å². The number of anilines is 2. The zero-order valence-electron chi connectivity index (χ0n) is 21.4. The summed E-state index contributed by atoms with van der Waals surface area (Å²) in [5, 5.41) is 1.21. The maximum atomic E-state index is 12.5. The summed E-state index contributed by atoms with van der Waals surface area (Å²) in [4.78, 5) is 31.9. The van der Waals surface area contributed by atoms with E-state index in [9.17, 15) is 9.59 Å². The Hall–Kier alpha value is -2.68. The van der Waals surface area contributed by atoms with Gasteiger partial charge in [-0.15, -0.1) is 0 Å². The van der Waals surface area contributed by atoms with Crippen LogP contribution < -0.4 is 14.5 Å². The molecular formula is C27H34Cl2N4O4. The van der Waals surface area contributed by atoms with E-state index in [0.29, 0.717) is 35.2 Å². The van der Waals surface area contributed by atoms with E-state index >= 15 is 0 Å². The third kappa shape index (κ3) is 7.00. The number of ether oxygens (including phenoxy) is 2. The average molecular weight is 549 g/mol. The number of aryl methyl sites for hydroxylation is 1. The summed E-state index contributed by atoms with van der Waals surface area (Å²) in [5.41, 5.74) is 2.80. The molecule has 0 saturated carbocycles. The minimum Gasteiger partial charge on any atom is -0.494 e. The minimum atomic E-state index is -0.484. The van der Waals surface area contributed by atoms with Gasteiger partial charge in [0.2, 0.25) is 5.91 Å². The third-order valence-electron chi connectivity index (χ3n) is 6.72. The predicted octanol–water partition coefficient (Wildman–Crippen LogP) is 4.91. The van der Waals surface area contributed by atoms with Gasteiger partial charge in [-0.25, -0.2) is 4.79 Å². The number of halogens is 2. The molecule has 4 rings (SSSR count). The van der Waals surface area contributed by atoms with Gasteiger partial charge in [-0.05, 0) is 49.6 Å². The van der Waals surface area contributed by atoms with Crippen molar-refractivity contribution in [3.63, 3.8) is 0 Å². The fourth-order valence-corrected chi connectivity index (χ4v) is 4.99. The van der Waals surface area contributed by atoms with Crippen LogP contribution in [0.2, 0.25) is 10.0 Å². The van der Waals surface area contributed by atoms with Gasteiger partial charge in [0.05, 0.1) is 28.0 Å². The largest absolute Gasteiger partial charge is 0.494 e. The first-order chi connectivity index (χ1) is 17.8. The Morgan fingerprint density at radius 2 is 1.78 bits per heavy atom. The number of amides is 2. The molecular weight excluding hydrogens is 515 g/mol. The van der Waals surface area contributed by atoms with Crippen LogP contribution in [-0.2, 0) is 16.0 Å². The number of fused-ring (bicyclic) bond motifs is 1. The first kappa shape index (κ1) is 27.4. The molecule has 0 unspecified atom stereocenters. The first-order valence-corrected chi connectivity index (χ1v) is 13.4. The molecule has 8 nitrogen and oxygen atoms in total. The van der Waals surface area contributed by atoms with Crippen LogP contribution in [0, 0.1) is 0 Å². The summed E-state index contributed by atoms with van der Waals surface area (Å²) in [7, 11) is 3.22. The van der Waals surface area contributed by atoms with Crippen LogP contribution in [0.25, 0.3) is 0 Å². The van der Waals surface area contributed by atoms with Crippen molar-refractivity contribution in [2.24, 2.45) is 0 Å². The Morgan fingerprint density at radius 1 is 1.00 bits per heavy atom. The van der Waals surface area contributed by atoms with Crippen LogP contribution in [0.5, 0.6) is 5.75 Å². The minimum absolute atomic E-state index is 0.0612. The van der Waals surface area contributed by atoms with E-state index in [1.54, 1.807) is 14.1 Å². The molecule has 37 heavy (non-hydrogen) atoms. The van der Waals surface area contributed by atoms with Crippen molar-refractivity contribution in [3.8, 4) is 5.75 Å². The van der Waals surface area contributed by atoms with E-state index < -0.39 is 6.09 Å². The molecule has 0 aliphatic carbocycles. The Kier molecular flexibility index (Phi) is 9.40. The summed E-state index contributed by atoms with van der Waals surface area (Å²) in [5.74, 6) is 0.651. The van der Waals surface area contributed by atoms with Gasteiger partial charge in [-0.3, -0.25) is 14.6 Å². The quantitative estimate of drug-likeness (QED) is 0.415. The van der Waals surface area contributed by atoms with Crippen molar-refractivity contribution in [1.29, 1.82) is 0 Å². The highest BCUT2D eigenvalue weighted by Gasteiger charge is 2.26. The first-order valence-electron chi connectivity index (χ1n) is 12.6. The van der Waals surface area contributed by atoms with Gasteiger partial charge >= 0.3 is 6.09 Å². The molecule has 2 aromatic carbocycles. The number of carbonyl (C=O) groups is 2. The molecule has 2 amide bonds. The van der Waals surface area contributed by atoms with Gasteiger partial charge in [0.25, 0.3) is 0 Å². The number of carbonyl (C=O) groups excluding carboxylic acids is 2. The van der Waals surface area contributed by atoms with E-state index in [2.05, 4.69) is 9.80 Å². The fraction of sp³-hybridized carbons (Fsp3) is 0.481. The van der Waals surface area contributed by atoms with Crippen molar-refractivity contribution in [1.82, 2.24) is 9.80 Å². The smallest absolute Gasteiger partial charge is 0.410 e. The van der Waals surface area contributed by atoms with E-state index in [0.717, 1.165) is 62.5 Å². The van der Waals surface area contributed by atoms with Crippen LogP contribution >= 0.6 is 23.2 Å². The molecule has 200 valence electrons. The Bertz CT molecular complexity index is 1110. The number of piperazine rings is 1. The lowest BCUT2D eigenvalue weighted by atomic mass is 10.0. The zero-order chi connectivity index (χ0) is 26.4. The van der Waals surface area contributed by atoms with Gasteiger partial charge in [0.1, 0.15) is 5.75 Å². The van der Waals surface area contributed by atoms with E-state index in [1.807, 2.05) is 36.4 Å². The monoisotopic (exact) mass is 548 g/mol. The predicted molar refractivity (Wildman–Crippen MR) is 147 cm³/mol. The average Bonchev–Trinajstić information content (AvgIpc) is 2.89. The standard InChI is InChI=1S/C27H34Cl2N4O4/c1-30(2)27(35)37-19-33-24-18-21(10-8-20(24)9-11-25(33)34)36-17-4-3-12-31-13-15-32(16-14-31)23-7-5-6-22(28)26(23)29/h5-8,10,18H,3-4,9,11-17,19H2,1-2H3. The molecule has 0 spiro atoms. The SMILES string of the molecule is CN(C)C(=O)OCN1C(=O)CCc2ccc(OCCCCN3CCN(c4cccc(Cl)c4Cl)CC3)cc21. The molecule has 0 bridgehead atoms. The highest BCUT2D eigenvalue weighted by atomic mass is 35.5. The second kappa shape index (κ2) is 12.7. The van der Waals surface area contributed by atoms with Gasteiger partial charge in [0, 0.05) is 52.8 Å². The van der Waals surface area contributed by atoms with Crippen molar-refractivity contribution in [2.75, 3.05) is 70.0 Å². The van der Waals surface area contributed by atoms with Crippen molar-refractivity contribution in [2.45, 2.75) is 25.7 Å². The zero-order valence-corrected chi connectivity index (χ0v) is 22.9. The maximum absolute atomic E-state index is 12.5. The topological polar surface area (TPSA) is 65.6 Å². The van der Waals surface area contributed by atoms with Crippen LogP contribution in [0.4, 0.5) is 16.2 Å². The molecule has 0 atom stereocenters. The number of benzene rings is 2. The molecule has 2 aliphatic rings. The molecule has 0 aromatic heterocycles. The summed E-state index contributed by atoms with van der Waals surface area (Å²) in [6.45, 7) is 5.32. The van der Waals surface area contributed by atoms with Crippen LogP contribution in [-0.4, -0.2) is 82.0 Å². The van der Waals surface area contributed by atoms with Crippen molar-refractivity contribution >= 4 is 46.6 Å². The summed E-state index contributed by atoms with van der Waals surface area (Å²) in [6.07, 6.45) is 2.55. The third-order valence-corrected chi connectivity index (χ3v) is 7.53. The summed E-state index contributed by atoms with van der Waals surface area (Å²) in [6, 6.07) is 11.6. The summed E-state index contributed by atoms with van der Waals surface area (Å²) >= 11 is 12.6. The lowest BCUT2D eigenvalue weighted by Crippen LogP contribution is -2.46. The van der Waals surface area contributed by atoms with Crippen molar-refractivity contribution in [3.05, 3.63) is 52.0 Å². The van der Waals surface area contributed by atoms with E-state index in [4.69, 9.17) is 32.7 Å². The molecule has 2 aliphatic heterocycles. The Labute approximate surface area is 228 Å². The molecule has 10 heteroatoms. The lowest BCUT2D eigenvalue weighted by molar-refractivity contribution is -0.119. The second-order valence-corrected chi connectivity index (χ2v) is 10.3. The molecule has 1 fully saturated rings. The van der Waals surface area contributed by atoms with Crippen LogP contribution in [0.1, 0.15) is 24.8 Å². The van der Waals surface area contributed by atoms with E-state index in [-0.39, 0.29) is 12.6 Å². The molecule has 0 N–H and O–H groups in total. The number of unbranched alkanes of at least 4 members (excludes halogenated alkanes) is 1. The van der Waals surface area contributed by atoms with Gasteiger partial charge in [0.15, 0.2) is 6.73 Å². The Morgan fingerprint density at radius 3 is 2.54 bits per heavy atom. The fourth-order valence-electron chi connectivity index (χ4n) is 4.57. The number of rotatable bonds is 9. The Balaban J connectivity index is 1.20. The highest BCUT2D eigenvalue weighted by Crippen LogP contribution is 2.33. The van der Waals surface area contributed by atoms with E-state index in [1.165, 1.54) is 9.80 Å². The molecule has 0 radical (unpaired) electrons. The molecule has 2 heterocycles. The van der Waals surface area contributed by atoms with Crippen LogP contribution in [0.3, 0.4) is 0 Å². The molecule has 2 aromatic rings. The van der Waals surface area contributed by atoms with Crippen LogP contribution in [0.15, 0.2) is 36.4 Å². The highest BCUT2D eigenvalue weighted by molar-refractivity contribution is 6.43. The second-order valence-electron chi connectivity index (χ2n) is 9.50. The maximum Gasteiger partial charge on any atom is 0.410 e. The number of hydrogen-bond donors (Lipinski definition) is 0. The summed E-state index contributed by atoms with van der Waals surface area (Å²) < 4.78 is 11.3. The number of hydrogen-bond acceptors (Lipinski definition) is 6. The normalized spacial score (nSPS) is 15.9. The van der Waals surface area contributed by atoms with Gasteiger partial charge < -0.3 is 19.3 Å². The van der Waals surface area contributed by atoms with Gasteiger partial charge in [-0.1, -0.05) is 35.3 Å². The number of nitrogens with zero attached hydrogens (tertiary/aromatic N) is 4. The molecule has 1 saturated heterocycles. The van der Waals surface area contributed by atoms with Crippen molar-refractivity contribution < 1.29 is 19.1 Å².